The van der Waals surface area contributed by atoms with Gasteiger partial charge in [0.2, 0.25) is 5.82 Å². The Morgan fingerprint density at radius 3 is 2.47 bits per heavy atom. The number of carbonyl (C=O) groups is 2. The van der Waals surface area contributed by atoms with Crippen molar-refractivity contribution in [2.24, 2.45) is 0 Å². The van der Waals surface area contributed by atoms with Gasteiger partial charge in [0.1, 0.15) is 6.33 Å². The van der Waals surface area contributed by atoms with Gasteiger partial charge in [-0.25, -0.2) is 9.67 Å². The van der Waals surface area contributed by atoms with Gasteiger partial charge in [-0.15, -0.1) is 5.10 Å². The van der Waals surface area contributed by atoms with E-state index in [0.29, 0.717) is 30.2 Å². The molecule has 0 bridgehead atoms. The average molecular weight is 450 g/mol. The monoisotopic (exact) mass is 449 g/mol. The maximum absolute atomic E-state index is 13.5. The summed E-state index contributed by atoms with van der Waals surface area (Å²) in [7, 11) is 0. The van der Waals surface area contributed by atoms with Gasteiger partial charge in [-0.05, 0) is 43.2 Å². The Hall–Kier alpha value is -3.19. The fraction of sp³-hybridized carbons (Fsp3) is 0.333. The lowest BCUT2D eigenvalue weighted by atomic mass is 9.91. The van der Waals surface area contributed by atoms with Crippen LogP contribution >= 0.6 is 11.6 Å². The molecule has 2 aromatic carbocycles. The van der Waals surface area contributed by atoms with E-state index in [1.807, 2.05) is 40.1 Å². The SMILES string of the molecule is O=C(c1cccc(Cl)c1)N1CCN(C(=O)c2ncn(-c3ccccc3)n2)C2(CCCC2)C1. The van der Waals surface area contributed by atoms with Crippen molar-refractivity contribution in [2.45, 2.75) is 31.2 Å². The molecule has 1 saturated heterocycles. The zero-order valence-corrected chi connectivity index (χ0v) is 18.4. The van der Waals surface area contributed by atoms with Crippen molar-refractivity contribution in [3.63, 3.8) is 0 Å². The topological polar surface area (TPSA) is 71.3 Å². The Balaban J connectivity index is 1.38. The molecular formula is C24H24ClN5O2. The number of carbonyl (C=O) groups excluding carboxylic acids is 2. The van der Waals surface area contributed by atoms with E-state index in [0.717, 1.165) is 31.4 Å². The van der Waals surface area contributed by atoms with Crippen LogP contribution in [0, 0.1) is 0 Å². The Morgan fingerprint density at radius 1 is 0.938 bits per heavy atom. The van der Waals surface area contributed by atoms with Crippen LogP contribution in [0.25, 0.3) is 5.69 Å². The molecule has 1 spiro atoms. The van der Waals surface area contributed by atoms with Crippen LogP contribution in [-0.4, -0.2) is 61.6 Å². The average Bonchev–Trinajstić information content (AvgIpc) is 3.49. The molecule has 2 fully saturated rings. The summed E-state index contributed by atoms with van der Waals surface area (Å²) in [5, 5.41) is 4.98. The van der Waals surface area contributed by atoms with Gasteiger partial charge in [-0.3, -0.25) is 9.59 Å². The molecule has 2 amide bonds. The highest BCUT2D eigenvalue weighted by molar-refractivity contribution is 6.30. The van der Waals surface area contributed by atoms with Crippen LogP contribution < -0.4 is 0 Å². The van der Waals surface area contributed by atoms with E-state index >= 15 is 0 Å². The molecule has 7 nitrogen and oxygen atoms in total. The number of piperazine rings is 1. The Kier molecular flexibility index (Phi) is 5.43. The van der Waals surface area contributed by atoms with Crippen molar-refractivity contribution >= 4 is 23.4 Å². The minimum atomic E-state index is -0.373. The second-order valence-corrected chi connectivity index (χ2v) is 8.91. The number of para-hydroxylation sites is 1. The number of hydrogen-bond acceptors (Lipinski definition) is 4. The highest BCUT2D eigenvalue weighted by Gasteiger charge is 2.47. The number of nitrogens with zero attached hydrogens (tertiary/aromatic N) is 5. The third kappa shape index (κ3) is 3.77. The fourth-order valence-corrected chi connectivity index (χ4v) is 5.11. The first-order chi connectivity index (χ1) is 15.6. The normalized spacial score (nSPS) is 17.7. The molecule has 32 heavy (non-hydrogen) atoms. The first kappa shape index (κ1) is 20.7. The molecule has 1 aliphatic carbocycles. The number of halogens is 1. The molecule has 0 N–H and O–H groups in total. The summed E-state index contributed by atoms with van der Waals surface area (Å²) in [6.45, 7) is 1.45. The summed E-state index contributed by atoms with van der Waals surface area (Å²) in [6.07, 6.45) is 5.39. The van der Waals surface area contributed by atoms with E-state index in [2.05, 4.69) is 10.1 Å². The zero-order valence-electron chi connectivity index (χ0n) is 17.7. The van der Waals surface area contributed by atoms with Gasteiger partial charge in [0.05, 0.1) is 11.2 Å². The summed E-state index contributed by atoms with van der Waals surface area (Å²) in [4.78, 5) is 34.7. The minimum Gasteiger partial charge on any atom is -0.335 e. The van der Waals surface area contributed by atoms with E-state index in [-0.39, 0.29) is 23.2 Å². The molecule has 5 rings (SSSR count). The van der Waals surface area contributed by atoms with Crippen molar-refractivity contribution < 1.29 is 9.59 Å². The highest BCUT2D eigenvalue weighted by atomic mass is 35.5. The van der Waals surface area contributed by atoms with Gasteiger partial charge in [0, 0.05) is 30.2 Å². The van der Waals surface area contributed by atoms with Crippen LogP contribution in [0.2, 0.25) is 5.02 Å². The zero-order chi connectivity index (χ0) is 22.1. The Bertz CT molecular complexity index is 1140. The van der Waals surface area contributed by atoms with Gasteiger partial charge in [-0.1, -0.05) is 48.7 Å². The van der Waals surface area contributed by atoms with E-state index in [1.165, 1.54) is 0 Å². The molecule has 1 aromatic heterocycles. The van der Waals surface area contributed by atoms with Gasteiger partial charge in [-0.2, -0.15) is 0 Å². The van der Waals surface area contributed by atoms with Gasteiger partial charge >= 0.3 is 0 Å². The highest BCUT2D eigenvalue weighted by Crippen LogP contribution is 2.39. The largest absolute Gasteiger partial charge is 0.335 e. The summed E-state index contributed by atoms with van der Waals surface area (Å²) >= 11 is 6.09. The van der Waals surface area contributed by atoms with Crippen molar-refractivity contribution in [3.8, 4) is 5.69 Å². The second kappa shape index (κ2) is 8.39. The molecule has 1 aliphatic heterocycles. The van der Waals surface area contributed by atoms with Crippen molar-refractivity contribution in [3.05, 3.63) is 77.3 Å². The Morgan fingerprint density at radius 2 is 1.72 bits per heavy atom. The summed E-state index contributed by atoms with van der Waals surface area (Å²) in [5.41, 5.74) is 1.06. The van der Waals surface area contributed by atoms with Crippen LogP contribution in [0.15, 0.2) is 60.9 Å². The van der Waals surface area contributed by atoms with Crippen molar-refractivity contribution in [2.75, 3.05) is 19.6 Å². The molecule has 2 aliphatic rings. The fourth-order valence-electron chi connectivity index (χ4n) is 4.92. The standard InChI is InChI=1S/C24H24ClN5O2/c25-19-8-6-7-18(15-19)22(31)28-13-14-29(24(16-28)11-4-5-12-24)23(32)21-26-17-30(27-21)20-9-2-1-3-10-20/h1-3,6-10,15,17H,4-5,11-14,16H2. The molecule has 8 heteroatoms. The van der Waals surface area contributed by atoms with Crippen LogP contribution in [0.4, 0.5) is 0 Å². The summed E-state index contributed by atoms with van der Waals surface area (Å²) in [6, 6.07) is 16.6. The number of aromatic nitrogens is 3. The molecular weight excluding hydrogens is 426 g/mol. The molecule has 1 saturated carbocycles. The van der Waals surface area contributed by atoms with Gasteiger partial charge in [0.25, 0.3) is 11.8 Å². The van der Waals surface area contributed by atoms with E-state index in [4.69, 9.17) is 11.6 Å². The number of amides is 2. The third-order valence-electron chi connectivity index (χ3n) is 6.49. The number of benzene rings is 2. The summed E-state index contributed by atoms with van der Waals surface area (Å²) in [5.74, 6) is -0.0245. The number of rotatable bonds is 3. The van der Waals surface area contributed by atoms with E-state index in [9.17, 15) is 9.59 Å². The lowest BCUT2D eigenvalue weighted by Gasteiger charge is -2.48. The number of hydrogen-bond donors (Lipinski definition) is 0. The molecule has 0 atom stereocenters. The molecule has 0 unspecified atom stereocenters. The third-order valence-corrected chi connectivity index (χ3v) is 6.73. The molecule has 3 aromatic rings. The van der Waals surface area contributed by atoms with Crippen LogP contribution in [-0.2, 0) is 0 Å². The lowest BCUT2D eigenvalue weighted by Crippen LogP contribution is -2.63. The lowest BCUT2D eigenvalue weighted by molar-refractivity contribution is 0.00568. The molecule has 2 heterocycles. The minimum absolute atomic E-state index is 0.0441. The Labute approximate surface area is 191 Å². The van der Waals surface area contributed by atoms with Crippen molar-refractivity contribution in [1.29, 1.82) is 0 Å². The van der Waals surface area contributed by atoms with Gasteiger partial charge in [0.15, 0.2) is 0 Å². The quantitative estimate of drug-likeness (QED) is 0.609. The van der Waals surface area contributed by atoms with E-state index in [1.54, 1.807) is 35.3 Å². The predicted octanol–water partition coefficient (Wildman–Crippen LogP) is 3.83. The van der Waals surface area contributed by atoms with Crippen LogP contribution in [0.1, 0.15) is 46.7 Å². The first-order valence-electron chi connectivity index (χ1n) is 10.9. The van der Waals surface area contributed by atoms with Crippen LogP contribution in [0.3, 0.4) is 0 Å². The maximum atomic E-state index is 13.5. The van der Waals surface area contributed by atoms with Crippen molar-refractivity contribution in [1.82, 2.24) is 24.6 Å². The predicted molar refractivity (Wildman–Crippen MR) is 121 cm³/mol. The maximum Gasteiger partial charge on any atom is 0.294 e. The van der Waals surface area contributed by atoms with Gasteiger partial charge < -0.3 is 9.80 Å². The summed E-state index contributed by atoms with van der Waals surface area (Å²) < 4.78 is 1.62. The first-order valence-corrected chi connectivity index (χ1v) is 11.3. The smallest absolute Gasteiger partial charge is 0.294 e. The second-order valence-electron chi connectivity index (χ2n) is 8.47. The van der Waals surface area contributed by atoms with E-state index < -0.39 is 0 Å². The molecule has 164 valence electrons. The van der Waals surface area contributed by atoms with Crippen LogP contribution in [0.5, 0.6) is 0 Å². The molecule has 0 radical (unpaired) electrons.